The molecule has 0 saturated carbocycles. The van der Waals surface area contributed by atoms with Crippen LogP contribution >= 0.6 is 0 Å². The summed E-state index contributed by atoms with van der Waals surface area (Å²) in [5.41, 5.74) is 2.68. The summed E-state index contributed by atoms with van der Waals surface area (Å²) in [6.07, 6.45) is 8.45. The Morgan fingerprint density at radius 2 is 2.42 bits per heavy atom. The van der Waals surface area contributed by atoms with Crippen LogP contribution in [0.3, 0.4) is 0 Å². The summed E-state index contributed by atoms with van der Waals surface area (Å²) in [5, 5.41) is 0. The van der Waals surface area contributed by atoms with E-state index in [2.05, 4.69) is 23.1 Å². The van der Waals surface area contributed by atoms with E-state index in [1.54, 1.807) is 0 Å². The van der Waals surface area contributed by atoms with Gasteiger partial charge in [-0.2, -0.15) is 0 Å². The lowest BCUT2D eigenvalue weighted by atomic mass is 9.94. The van der Waals surface area contributed by atoms with Gasteiger partial charge < -0.3 is 9.30 Å². The molecule has 4 heteroatoms. The number of imidazole rings is 1. The molecule has 1 aliphatic heterocycles. The van der Waals surface area contributed by atoms with Crippen LogP contribution in [0.1, 0.15) is 28.9 Å². The Kier molecular flexibility index (Phi) is 3.34. The van der Waals surface area contributed by atoms with Crippen LogP contribution in [0.25, 0.3) is 5.65 Å². The number of hydrogen-bond donors (Lipinski definition) is 0. The minimum Gasteiger partial charge on any atom is -0.307 e. The fraction of sp³-hybridized carbons (Fsp3) is 0.467. The summed E-state index contributed by atoms with van der Waals surface area (Å²) in [4.78, 5) is 17.8. The van der Waals surface area contributed by atoms with Crippen molar-refractivity contribution in [3.63, 3.8) is 0 Å². The Morgan fingerprint density at radius 3 is 3.21 bits per heavy atom. The third-order valence-corrected chi connectivity index (χ3v) is 3.89. The van der Waals surface area contributed by atoms with Crippen molar-refractivity contribution in [2.75, 3.05) is 20.1 Å². The number of nitrogens with zero attached hydrogens (tertiary/aromatic N) is 3. The first kappa shape index (κ1) is 12.4. The van der Waals surface area contributed by atoms with Crippen molar-refractivity contribution in [2.24, 2.45) is 5.92 Å². The van der Waals surface area contributed by atoms with Crippen molar-refractivity contribution >= 4 is 11.9 Å². The SMILES string of the molecule is CN1CCCC(Cc2cn3ccc(C=O)cc3n2)C1. The fourth-order valence-electron chi connectivity index (χ4n) is 2.96. The van der Waals surface area contributed by atoms with Crippen molar-refractivity contribution < 1.29 is 4.79 Å². The van der Waals surface area contributed by atoms with Crippen molar-refractivity contribution in [3.8, 4) is 0 Å². The topological polar surface area (TPSA) is 37.6 Å². The van der Waals surface area contributed by atoms with Crippen LogP contribution in [0.5, 0.6) is 0 Å². The molecule has 0 spiro atoms. The zero-order chi connectivity index (χ0) is 13.2. The monoisotopic (exact) mass is 257 g/mol. The van der Waals surface area contributed by atoms with Gasteiger partial charge in [0.05, 0.1) is 5.69 Å². The normalized spacial score (nSPS) is 20.8. The van der Waals surface area contributed by atoms with Gasteiger partial charge in [-0.15, -0.1) is 0 Å². The number of pyridine rings is 1. The second-order valence-electron chi connectivity index (χ2n) is 5.55. The van der Waals surface area contributed by atoms with E-state index in [0.29, 0.717) is 11.5 Å². The van der Waals surface area contributed by atoms with Gasteiger partial charge >= 0.3 is 0 Å². The van der Waals surface area contributed by atoms with E-state index >= 15 is 0 Å². The van der Waals surface area contributed by atoms with Gasteiger partial charge in [-0.1, -0.05) is 0 Å². The van der Waals surface area contributed by atoms with E-state index < -0.39 is 0 Å². The molecule has 0 aliphatic carbocycles. The molecule has 0 amide bonds. The van der Waals surface area contributed by atoms with Gasteiger partial charge in [0.2, 0.25) is 0 Å². The lowest BCUT2D eigenvalue weighted by Crippen LogP contribution is -2.33. The third-order valence-electron chi connectivity index (χ3n) is 3.89. The van der Waals surface area contributed by atoms with Crippen molar-refractivity contribution in [1.82, 2.24) is 14.3 Å². The van der Waals surface area contributed by atoms with Crippen LogP contribution in [0.4, 0.5) is 0 Å². The third kappa shape index (κ3) is 2.68. The van der Waals surface area contributed by atoms with Gasteiger partial charge in [0, 0.05) is 24.5 Å². The standard InChI is InChI=1S/C15H19N3O/c1-17-5-2-3-12(9-17)7-14-10-18-6-4-13(11-19)8-15(18)16-14/h4,6,8,10-12H,2-3,5,7,9H2,1H3. The number of aromatic nitrogens is 2. The average Bonchev–Trinajstić information content (AvgIpc) is 2.79. The minimum atomic E-state index is 0.682. The van der Waals surface area contributed by atoms with E-state index in [1.807, 2.05) is 22.7 Å². The molecule has 1 fully saturated rings. The molecular formula is C15H19N3O. The summed E-state index contributed by atoms with van der Waals surface area (Å²) >= 11 is 0. The predicted octanol–water partition coefficient (Wildman–Crippen LogP) is 2.03. The number of aldehydes is 1. The number of rotatable bonds is 3. The molecule has 19 heavy (non-hydrogen) atoms. The first-order valence-corrected chi connectivity index (χ1v) is 6.86. The van der Waals surface area contributed by atoms with Crippen LogP contribution in [-0.4, -0.2) is 40.7 Å². The number of hydrogen-bond acceptors (Lipinski definition) is 3. The number of carbonyl (C=O) groups excluding carboxylic acids is 1. The lowest BCUT2D eigenvalue weighted by molar-refractivity contribution is 0.112. The Hall–Kier alpha value is -1.68. The second kappa shape index (κ2) is 5.13. The molecule has 1 atom stereocenters. The van der Waals surface area contributed by atoms with Crippen LogP contribution in [0, 0.1) is 5.92 Å². The maximum atomic E-state index is 10.8. The summed E-state index contributed by atoms with van der Waals surface area (Å²) < 4.78 is 1.99. The van der Waals surface area contributed by atoms with Gasteiger partial charge in [0.15, 0.2) is 0 Å². The van der Waals surface area contributed by atoms with Crippen molar-refractivity contribution in [1.29, 1.82) is 0 Å². The first-order valence-electron chi connectivity index (χ1n) is 6.86. The Balaban J connectivity index is 1.79. The molecule has 1 unspecified atom stereocenters. The smallest absolute Gasteiger partial charge is 0.150 e. The molecule has 1 aliphatic rings. The molecule has 100 valence electrons. The van der Waals surface area contributed by atoms with Crippen LogP contribution in [0.15, 0.2) is 24.5 Å². The Labute approximate surface area is 113 Å². The minimum absolute atomic E-state index is 0.682. The molecule has 1 saturated heterocycles. The van der Waals surface area contributed by atoms with Crippen molar-refractivity contribution in [2.45, 2.75) is 19.3 Å². The van der Waals surface area contributed by atoms with E-state index in [9.17, 15) is 4.79 Å². The summed E-state index contributed by atoms with van der Waals surface area (Å²) in [7, 11) is 2.19. The highest BCUT2D eigenvalue weighted by molar-refractivity contribution is 5.76. The van der Waals surface area contributed by atoms with Gasteiger partial charge in [0.25, 0.3) is 0 Å². The predicted molar refractivity (Wildman–Crippen MR) is 74.5 cm³/mol. The van der Waals surface area contributed by atoms with Gasteiger partial charge in [-0.05, 0) is 50.9 Å². The lowest BCUT2D eigenvalue weighted by Gasteiger charge is -2.29. The summed E-state index contributed by atoms with van der Waals surface area (Å²) in [6, 6.07) is 3.66. The zero-order valence-electron chi connectivity index (χ0n) is 11.2. The molecule has 3 heterocycles. The van der Waals surface area contributed by atoms with Gasteiger partial charge in [0.1, 0.15) is 11.9 Å². The molecule has 0 N–H and O–H groups in total. The van der Waals surface area contributed by atoms with E-state index in [4.69, 9.17) is 0 Å². The number of fused-ring (bicyclic) bond motifs is 1. The molecule has 0 bridgehead atoms. The van der Waals surface area contributed by atoms with E-state index in [-0.39, 0.29) is 0 Å². The quantitative estimate of drug-likeness (QED) is 0.790. The maximum Gasteiger partial charge on any atom is 0.150 e. The van der Waals surface area contributed by atoms with Crippen LogP contribution in [0.2, 0.25) is 0 Å². The highest BCUT2D eigenvalue weighted by Crippen LogP contribution is 2.20. The first-order chi connectivity index (χ1) is 9.24. The number of piperidine rings is 1. The molecule has 0 radical (unpaired) electrons. The van der Waals surface area contributed by atoms with Gasteiger partial charge in [-0.3, -0.25) is 4.79 Å². The maximum absolute atomic E-state index is 10.8. The number of carbonyl (C=O) groups is 1. The van der Waals surface area contributed by atoms with E-state index in [0.717, 1.165) is 30.6 Å². The molecular weight excluding hydrogens is 238 g/mol. The molecule has 2 aromatic rings. The molecule has 4 nitrogen and oxygen atoms in total. The summed E-state index contributed by atoms with van der Waals surface area (Å²) in [5.74, 6) is 0.703. The van der Waals surface area contributed by atoms with Gasteiger partial charge in [-0.25, -0.2) is 4.98 Å². The van der Waals surface area contributed by atoms with Crippen molar-refractivity contribution in [3.05, 3.63) is 35.8 Å². The molecule has 2 aromatic heterocycles. The molecule has 3 rings (SSSR count). The fourth-order valence-corrected chi connectivity index (χ4v) is 2.96. The number of likely N-dealkylation sites (tertiary alicyclic amines) is 1. The average molecular weight is 257 g/mol. The Bertz CT molecular complexity index is 590. The second-order valence-corrected chi connectivity index (χ2v) is 5.55. The summed E-state index contributed by atoms with van der Waals surface area (Å²) in [6.45, 7) is 2.37. The highest BCUT2D eigenvalue weighted by atomic mass is 16.1. The van der Waals surface area contributed by atoms with Crippen LogP contribution < -0.4 is 0 Å². The molecule has 0 aromatic carbocycles. The Morgan fingerprint density at radius 1 is 1.53 bits per heavy atom. The highest BCUT2D eigenvalue weighted by Gasteiger charge is 2.18. The van der Waals surface area contributed by atoms with Crippen LogP contribution in [-0.2, 0) is 6.42 Å². The zero-order valence-corrected chi connectivity index (χ0v) is 11.2. The largest absolute Gasteiger partial charge is 0.307 e. The van der Waals surface area contributed by atoms with E-state index in [1.165, 1.54) is 19.4 Å².